The lowest BCUT2D eigenvalue weighted by molar-refractivity contribution is -0.137. The van der Waals surface area contributed by atoms with E-state index in [1.165, 1.54) is 4.90 Å². The van der Waals surface area contributed by atoms with Crippen molar-refractivity contribution in [2.45, 2.75) is 115 Å². The van der Waals surface area contributed by atoms with Crippen molar-refractivity contribution >= 4 is 64.9 Å². The van der Waals surface area contributed by atoms with Crippen molar-refractivity contribution in [1.82, 2.24) is 25.1 Å². The fourth-order valence-electron chi connectivity index (χ4n) is 10.1. The monoisotopic (exact) mass is 912 g/mol. The van der Waals surface area contributed by atoms with Crippen LogP contribution < -0.4 is 25.2 Å². The molecule has 0 spiro atoms. The molecular weight excluding hydrogens is 852 g/mol. The van der Waals surface area contributed by atoms with E-state index < -0.39 is 11.9 Å². The van der Waals surface area contributed by atoms with Crippen LogP contribution in [0.25, 0.3) is 0 Å². The zero-order valence-corrected chi connectivity index (χ0v) is 38.5. The normalized spacial score (nSPS) is 21.0. The second kappa shape index (κ2) is 21.2. The van der Waals surface area contributed by atoms with Gasteiger partial charge in [-0.1, -0.05) is 38.0 Å². The number of nitrogens with one attached hydrogen (secondary N) is 2. The number of fused-ring (bicyclic) bond motifs is 2. The molecule has 2 unspecified atom stereocenters. The number of anilines is 3. The van der Waals surface area contributed by atoms with E-state index in [2.05, 4.69) is 32.3 Å². The lowest BCUT2D eigenvalue weighted by Gasteiger charge is -2.43. The molecule has 65 heavy (non-hydrogen) atoms. The summed E-state index contributed by atoms with van der Waals surface area (Å²) in [6, 6.07) is 10.2. The third-order valence-electron chi connectivity index (χ3n) is 13.6. The van der Waals surface area contributed by atoms with Crippen LogP contribution in [-0.4, -0.2) is 120 Å². The summed E-state index contributed by atoms with van der Waals surface area (Å²) >= 11 is 0. The third-order valence-corrected chi connectivity index (χ3v) is 13.6. The molecule has 0 bridgehead atoms. The number of rotatable bonds is 18. The minimum absolute atomic E-state index is 0. The van der Waals surface area contributed by atoms with Crippen molar-refractivity contribution in [1.29, 1.82) is 0 Å². The summed E-state index contributed by atoms with van der Waals surface area (Å²) in [5.41, 5.74) is 3.95. The number of aromatic nitrogens is 2. The number of benzene rings is 2. The Labute approximate surface area is 386 Å². The molecule has 3 fully saturated rings. The van der Waals surface area contributed by atoms with Crippen molar-refractivity contribution < 1.29 is 38.2 Å². The number of carbonyl (C=O) groups is 6. The number of hydrogen-bond acceptors (Lipinski definition) is 12. The van der Waals surface area contributed by atoms with Crippen molar-refractivity contribution in [2.24, 2.45) is 5.92 Å². The summed E-state index contributed by atoms with van der Waals surface area (Å²) in [7, 11) is 3.42. The molecule has 4 aliphatic heterocycles. The van der Waals surface area contributed by atoms with Gasteiger partial charge in [-0.15, -0.1) is 12.4 Å². The number of halogens is 1. The summed E-state index contributed by atoms with van der Waals surface area (Å²) in [4.78, 5) is 94.3. The van der Waals surface area contributed by atoms with Crippen molar-refractivity contribution in [3.63, 3.8) is 0 Å². The molecule has 2 saturated heterocycles. The molecule has 16 nitrogen and oxygen atoms in total. The van der Waals surface area contributed by atoms with Gasteiger partial charge in [0, 0.05) is 93.0 Å². The zero-order chi connectivity index (χ0) is 44.9. The Morgan fingerprint density at radius 2 is 1.82 bits per heavy atom. The second-order valence-corrected chi connectivity index (χ2v) is 17.8. The molecule has 3 aromatic rings. The third kappa shape index (κ3) is 10.5. The second-order valence-electron chi connectivity index (χ2n) is 17.8. The predicted molar refractivity (Wildman–Crippen MR) is 247 cm³/mol. The number of piperidine rings is 1. The zero-order valence-electron chi connectivity index (χ0n) is 37.6. The lowest BCUT2D eigenvalue weighted by atomic mass is 9.96. The first-order valence-corrected chi connectivity index (χ1v) is 23.0. The van der Waals surface area contributed by atoms with Gasteiger partial charge in [0.15, 0.2) is 11.6 Å². The maximum absolute atomic E-state index is 13.5. The number of likely N-dealkylation sites (tertiary alicyclic amines) is 1. The van der Waals surface area contributed by atoms with E-state index in [9.17, 15) is 28.8 Å². The minimum Gasteiger partial charge on any atom is -0.496 e. The molecule has 5 aliphatic rings. The van der Waals surface area contributed by atoms with Crippen LogP contribution in [0.4, 0.5) is 17.2 Å². The van der Waals surface area contributed by atoms with Crippen LogP contribution in [0.15, 0.2) is 42.6 Å². The van der Waals surface area contributed by atoms with E-state index in [0.717, 1.165) is 75.2 Å². The molecule has 0 radical (unpaired) electrons. The molecule has 5 heterocycles. The number of carbonyl (C=O) groups excluding carboxylic acids is 6. The van der Waals surface area contributed by atoms with E-state index in [0.29, 0.717) is 85.3 Å². The Hall–Kier alpha value is -5.45. The first-order chi connectivity index (χ1) is 31.0. The van der Waals surface area contributed by atoms with E-state index in [1.54, 1.807) is 43.5 Å². The van der Waals surface area contributed by atoms with Gasteiger partial charge >= 0.3 is 0 Å². The number of nitrogens with zero attached hydrogens (tertiary/aromatic N) is 6. The maximum atomic E-state index is 13.5. The van der Waals surface area contributed by atoms with Gasteiger partial charge < -0.3 is 34.4 Å². The van der Waals surface area contributed by atoms with Crippen molar-refractivity contribution in [2.75, 3.05) is 62.1 Å². The molecule has 348 valence electrons. The highest BCUT2D eigenvalue weighted by Gasteiger charge is 2.42. The lowest BCUT2D eigenvalue weighted by Crippen LogP contribution is -2.55. The Morgan fingerprint density at radius 1 is 1.00 bits per heavy atom. The molecule has 1 aliphatic carbocycles. The molecule has 1 saturated carbocycles. The first-order valence-electron chi connectivity index (χ1n) is 23.0. The summed E-state index contributed by atoms with van der Waals surface area (Å²) < 4.78 is 11.7. The minimum atomic E-state index is -0.714. The molecule has 2 aromatic carbocycles. The van der Waals surface area contributed by atoms with Crippen LogP contribution in [0.2, 0.25) is 0 Å². The number of Topliss-reactive ketones (excluding diaryl/α,β-unsaturated/α-hetero) is 1. The van der Waals surface area contributed by atoms with Gasteiger partial charge in [0.05, 0.1) is 19.9 Å². The van der Waals surface area contributed by atoms with Gasteiger partial charge in [0.1, 0.15) is 29.3 Å². The molecule has 1 aromatic heterocycles. The SMILES string of the molecule is CC[C@@H]1C(=O)N(C)c2cnc(Cc3ccc(C(=O)CC4CCN(CCOCCCCC(=O)Nc5cccc6c5CN(C5CCC(=O)NC5=O)C6=O)C4)cc3OC)nc2N1C1CCCC1.Cl. The highest BCUT2D eigenvalue weighted by molar-refractivity contribution is 6.07. The quantitative estimate of drug-likeness (QED) is 0.0933. The number of ketones is 1. The smallest absolute Gasteiger partial charge is 0.255 e. The average molecular weight is 914 g/mol. The summed E-state index contributed by atoms with van der Waals surface area (Å²) in [5.74, 6) is 1.28. The van der Waals surface area contributed by atoms with Gasteiger partial charge in [-0.3, -0.25) is 34.1 Å². The fraction of sp³-hybridized carbons (Fsp3) is 0.542. The maximum Gasteiger partial charge on any atom is 0.255 e. The highest BCUT2D eigenvalue weighted by atomic mass is 35.5. The Kier molecular flexibility index (Phi) is 15.5. The topological polar surface area (TPSA) is 184 Å². The molecule has 8 rings (SSSR count). The van der Waals surface area contributed by atoms with E-state index in [-0.39, 0.29) is 73.2 Å². The van der Waals surface area contributed by atoms with Gasteiger partial charge in [0.2, 0.25) is 23.6 Å². The highest BCUT2D eigenvalue weighted by Crippen LogP contribution is 2.40. The predicted octanol–water partition coefficient (Wildman–Crippen LogP) is 5.48. The number of imide groups is 1. The van der Waals surface area contributed by atoms with Gasteiger partial charge in [-0.05, 0) is 75.6 Å². The molecule has 17 heteroatoms. The van der Waals surface area contributed by atoms with Gasteiger partial charge in [-0.2, -0.15) is 0 Å². The van der Waals surface area contributed by atoms with E-state index in [4.69, 9.17) is 14.5 Å². The van der Waals surface area contributed by atoms with Crippen LogP contribution in [0, 0.1) is 5.92 Å². The number of likely N-dealkylation sites (N-methyl/N-ethyl adjacent to an activating group) is 1. The number of amides is 5. The summed E-state index contributed by atoms with van der Waals surface area (Å²) in [5, 5.41) is 5.26. The molecule has 5 amide bonds. The summed E-state index contributed by atoms with van der Waals surface area (Å²) in [6.45, 7) is 5.87. The average Bonchev–Trinajstić information content (AvgIpc) is 4.06. The Morgan fingerprint density at radius 3 is 2.58 bits per heavy atom. The van der Waals surface area contributed by atoms with Gasteiger partial charge in [-0.25, -0.2) is 9.97 Å². The Balaban J connectivity index is 0.00000630. The van der Waals surface area contributed by atoms with Gasteiger partial charge in [0.25, 0.3) is 5.91 Å². The summed E-state index contributed by atoms with van der Waals surface area (Å²) in [6.07, 6.45) is 10.9. The van der Waals surface area contributed by atoms with Crippen LogP contribution in [-0.2, 0) is 36.9 Å². The largest absolute Gasteiger partial charge is 0.496 e. The van der Waals surface area contributed by atoms with Crippen molar-refractivity contribution in [3.8, 4) is 5.75 Å². The number of hydrogen-bond donors (Lipinski definition) is 2. The van der Waals surface area contributed by atoms with E-state index in [1.807, 2.05) is 18.2 Å². The number of unbranched alkanes of at least 4 members (excludes halogenated alkanes) is 1. The van der Waals surface area contributed by atoms with Crippen LogP contribution in [0.3, 0.4) is 0 Å². The van der Waals surface area contributed by atoms with Crippen LogP contribution in [0.5, 0.6) is 5.75 Å². The molecular formula is C48H61ClN8O8. The van der Waals surface area contributed by atoms with Crippen molar-refractivity contribution in [3.05, 3.63) is 70.7 Å². The first kappa shape index (κ1) is 47.5. The number of methoxy groups -OCH3 is 1. The molecule has 3 atom stereocenters. The molecule has 2 N–H and O–H groups in total. The standard InChI is InChI=1S/C48H60N8O8.ClH/c1-4-37-48(62)53(2)39-27-49-42(51-45(39)56(37)33-10-5-6-11-33)26-32-16-15-31(25-41(32)63-3)40(57)24-30-19-20-54(28-30)21-23-64-22-8-7-14-43(58)50-36-13-9-12-34-35(36)29-55(47(34)61)38-17-18-44(59)52-46(38)60;/h9,12-13,15-16,25,27,30,33,37-38H,4-8,10-11,14,17-24,26,28-29H2,1-3H3,(H,50,58)(H,52,59,60);1H/t30?,37-,38?;/m1./s1. The van der Waals surface area contributed by atoms with Crippen LogP contribution in [0.1, 0.15) is 122 Å². The fourth-order valence-corrected chi connectivity index (χ4v) is 10.1. The Bertz CT molecular complexity index is 2290. The van der Waals surface area contributed by atoms with Crippen LogP contribution >= 0.6 is 12.4 Å². The number of ether oxygens (including phenoxy) is 2. The van der Waals surface area contributed by atoms with E-state index >= 15 is 0 Å².